The lowest BCUT2D eigenvalue weighted by Gasteiger charge is -2.25. The van der Waals surface area contributed by atoms with Gasteiger partial charge in [0, 0.05) is 35.2 Å². The Bertz CT molecular complexity index is 931. The molecule has 0 bridgehead atoms. The first-order chi connectivity index (χ1) is 12.0. The lowest BCUT2D eigenvalue weighted by atomic mass is 10.0. The van der Waals surface area contributed by atoms with Gasteiger partial charge in [-0.2, -0.15) is 0 Å². The fraction of sp³-hybridized carbons (Fsp3) is 0.333. The zero-order valence-electron chi connectivity index (χ0n) is 14.7. The number of rotatable bonds is 3. The van der Waals surface area contributed by atoms with E-state index in [0.29, 0.717) is 12.1 Å². The van der Waals surface area contributed by atoms with Crippen LogP contribution in [0.15, 0.2) is 42.5 Å². The molecule has 4 heteroatoms. The predicted molar refractivity (Wildman–Crippen MR) is 98.1 cm³/mol. The maximum absolute atomic E-state index is 14.1. The summed E-state index contributed by atoms with van der Waals surface area (Å²) in [4.78, 5) is 2.29. The molecular weight excluding hydrogens is 315 g/mol. The number of aliphatic hydroxyl groups excluding tert-OH is 1. The van der Waals surface area contributed by atoms with Gasteiger partial charge in [-0.25, -0.2) is 4.39 Å². The highest BCUT2D eigenvalue weighted by molar-refractivity contribution is 5.86. The van der Waals surface area contributed by atoms with Gasteiger partial charge in [0.15, 0.2) is 0 Å². The van der Waals surface area contributed by atoms with Crippen molar-refractivity contribution in [3.63, 3.8) is 0 Å². The molecule has 0 saturated heterocycles. The second-order valence-electron chi connectivity index (χ2n) is 7.08. The predicted octanol–water partition coefficient (Wildman–Crippen LogP) is 3.81. The lowest BCUT2D eigenvalue weighted by Crippen LogP contribution is -2.28. The molecule has 2 heterocycles. The molecule has 25 heavy (non-hydrogen) atoms. The van der Waals surface area contributed by atoms with Gasteiger partial charge < -0.3 is 14.6 Å². The first-order valence-electron chi connectivity index (χ1n) is 8.76. The third kappa shape index (κ3) is 2.86. The summed E-state index contributed by atoms with van der Waals surface area (Å²) in [6, 6.07) is 12.9. The Kier molecular flexibility index (Phi) is 4.10. The second-order valence-corrected chi connectivity index (χ2v) is 7.08. The van der Waals surface area contributed by atoms with Gasteiger partial charge in [0.05, 0.1) is 12.6 Å². The van der Waals surface area contributed by atoms with E-state index in [0.717, 1.165) is 25.0 Å². The molecule has 0 amide bonds. The Morgan fingerprint density at radius 2 is 2.00 bits per heavy atom. The number of halogens is 1. The molecule has 0 radical (unpaired) electrons. The van der Waals surface area contributed by atoms with Crippen molar-refractivity contribution in [2.45, 2.75) is 32.5 Å². The largest absolute Gasteiger partial charge is 0.386 e. The topological polar surface area (TPSA) is 28.4 Å². The highest BCUT2D eigenvalue weighted by atomic mass is 19.1. The van der Waals surface area contributed by atoms with E-state index in [1.54, 1.807) is 18.2 Å². The van der Waals surface area contributed by atoms with Crippen LogP contribution >= 0.6 is 0 Å². The maximum Gasteiger partial charge on any atom is 0.129 e. The second kappa shape index (κ2) is 6.28. The van der Waals surface area contributed by atoms with Crippen molar-refractivity contribution < 1.29 is 9.50 Å². The number of hydrogen-bond acceptors (Lipinski definition) is 2. The number of aryl methyl sites for hydroxylation is 1. The highest BCUT2D eigenvalue weighted by Crippen LogP contribution is 2.33. The van der Waals surface area contributed by atoms with E-state index in [2.05, 4.69) is 41.6 Å². The zero-order valence-corrected chi connectivity index (χ0v) is 14.7. The lowest BCUT2D eigenvalue weighted by molar-refractivity contribution is 0.150. The van der Waals surface area contributed by atoms with E-state index in [-0.39, 0.29) is 5.82 Å². The summed E-state index contributed by atoms with van der Waals surface area (Å²) in [5.41, 5.74) is 5.33. The first-order valence-corrected chi connectivity index (χ1v) is 8.76. The summed E-state index contributed by atoms with van der Waals surface area (Å²) >= 11 is 0. The van der Waals surface area contributed by atoms with E-state index in [1.807, 2.05) is 0 Å². The van der Waals surface area contributed by atoms with Crippen molar-refractivity contribution >= 4 is 10.9 Å². The molecule has 130 valence electrons. The summed E-state index contributed by atoms with van der Waals surface area (Å²) in [7, 11) is 2.11. The number of likely N-dealkylation sites (N-methyl/N-ethyl adjacent to an activating group) is 1. The first kappa shape index (κ1) is 16.3. The number of benzene rings is 2. The summed E-state index contributed by atoms with van der Waals surface area (Å²) < 4.78 is 16.2. The number of aliphatic hydroxyl groups is 1. The van der Waals surface area contributed by atoms with Gasteiger partial charge in [0.1, 0.15) is 5.82 Å². The Balaban J connectivity index is 1.81. The van der Waals surface area contributed by atoms with Crippen LogP contribution < -0.4 is 0 Å². The van der Waals surface area contributed by atoms with Gasteiger partial charge in [-0.3, -0.25) is 0 Å². The Morgan fingerprint density at radius 1 is 1.20 bits per heavy atom. The minimum atomic E-state index is -0.866. The number of aromatic nitrogens is 1. The molecular formula is C21H23FN2O. The Hall–Kier alpha value is -2.17. The Labute approximate surface area is 147 Å². The zero-order chi connectivity index (χ0) is 17.6. The molecule has 4 rings (SSSR count). The van der Waals surface area contributed by atoms with Crippen LogP contribution in [0.2, 0.25) is 0 Å². The maximum atomic E-state index is 14.1. The summed E-state index contributed by atoms with van der Waals surface area (Å²) in [6.07, 6.45) is 0.142. The van der Waals surface area contributed by atoms with Crippen molar-refractivity contribution in [3.05, 3.63) is 70.7 Å². The molecule has 0 saturated carbocycles. The third-order valence-corrected chi connectivity index (χ3v) is 5.23. The van der Waals surface area contributed by atoms with Crippen molar-refractivity contribution in [1.29, 1.82) is 0 Å². The highest BCUT2D eigenvalue weighted by Gasteiger charge is 2.24. The molecule has 1 unspecified atom stereocenters. The summed E-state index contributed by atoms with van der Waals surface area (Å²) in [5.74, 6) is -0.353. The normalized spacial score (nSPS) is 16.2. The minimum Gasteiger partial charge on any atom is -0.386 e. The molecule has 0 aliphatic carbocycles. The number of hydrogen-bond donors (Lipinski definition) is 1. The summed E-state index contributed by atoms with van der Waals surface area (Å²) in [6.45, 7) is 4.36. The van der Waals surface area contributed by atoms with Gasteiger partial charge in [-0.1, -0.05) is 29.8 Å². The van der Waals surface area contributed by atoms with Gasteiger partial charge in [-0.05, 0) is 44.2 Å². The average molecular weight is 338 g/mol. The van der Waals surface area contributed by atoms with Crippen LogP contribution in [-0.4, -0.2) is 28.2 Å². The van der Waals surface area contributed by atoms with E-state index in [1.165, 1.54) is 28.3 Å². The molecule has 0 spiro atoms. The van der Waals surface area contributed by atoms with Gasteiger partial charge in [-0.15, -0.1) is 0 Å². The third-order valence-electron chi connectivity index (χ3n) is 5.23. The van der Waals surface area contributed by atoms with Crippen molar-refractivity contribution in [2.24, 2.45) is 0 Å². The quantitative estimate of drug-likeness (QED) is 0.787. The molecule has 1 aliphatic heterocycles. The molecule has 1 atom stereocenters. The Morgan fingerprint density at radius 3 is 2.80 bits per heavy atom. The molecule has 1 N–H and O–H groups in total. The fourth-order valence-corrected chi connectivity index (χ4v) is 3.91. The molecule has 2 aromatic carbocycles. The van der Waals surface area contributed by atoms with E-state index in [9.17, 15) is 9.50 Å². The standard InChI is InChI=1S/C21H23FN2O/c1-14-7-8-19-17(11-14)15-9-10-23(2)12-20(15)24(19)13-21(25)16-5-3-4-6-18(16)22/h3-8,11,21,25H,9-10,12-13H2,1-2H3. The number of fused-ring (bicyclic) bond motifs is 3. The van der Waals surface area contributed by atoms with Crippen LogP contribution in [0.25, 0.3) is 10.9 Å². The molecule has 1 aliphatic rings. The fourth-order valence-electron chi connectivity index (χ4n) is 3.91. The molecule has 1 aromatic heterocycles. The van der Waals surface area contributed by atoms with Crippen molar-refractivity contribution in [1.82, 2.24) is 9.47 Å². The summed E-state index contributed by atoms with van der Waals surface area (Å²) in [5, 5.41) is 11.9. The van der Waals surface area contributed by atoms with Crippen LogP contribution in [-0.2, 0) is 19.5 Å². The van der Waals surface area contributed by atoms with Crippen LogP contribution in [0.4, 0.5) is 4.39 Å². The van der Waals surface area contributed by atoms with Crippen molar-refractivity contribution in [2.75, 3.05) is 13.6 Å². The van der Waals surface area contributed by atoms with E-state index >= 15 is 0 Å². The van der Waals surface area contributed by atoms with Gasteiger partial charge in [0.25, 0.3) is 0 Å². The van der Waals surface area contributed by atoms with Crippen LogP contribution in [0.1, 0.15) is 28.5 Å². The smallest absolute Gasteiger partial charge is 0.129 e. The average Bonchev–Trinajstić information content (AvgIpc) is 2.87. The van der Waals surface area contributed by atoms with Crippen LogP contribution in [0.5, 0.6) is 0 Å². The molecule has 0 fully saturated rings. The van der Waals surface area contributed by atoms with Gasteiger partial charge in [0.2, 0.25) is 0 Å². The monoisotopic (exact) mass is 338 g/mol. The van der Waals surface area contributed by atoms with Crippen LogP contribution in [0.3, 0.4) is 0 Å². The van der Waals surface area contributed by atoms with Crippen LogP contribution in [0, 0.1) is 12.7 Å². The van der Waals surface area contributed by atoms with E-state index in [4.69, 9.17) is 0 Å². The SMILES string of the molecule is Cc1ccc2c(c1)c1c(n2CC(O)c2ccccc2F)CN(C)CC1. The molecule has 3 nitrogen and oxygen atoms in total. The van der Waals surface area contributed by atoms with Gasteiger partial charge >= 0.3 is 0 Å². The number of nitrogens with zero attached hydrogens (tertiary/aromatic N) is 2. The molecule has 3 aromatic rings. The minimum absolute atomic E-state index is 0.353. The van der Waals surface area contributed by atoms with E-state index < -0.39 is 6.10 Å². The van der Waals surface area contributed by atoms with Crippen molar-refractivity contribution in [3.8, 4) is 0 Å².